The second-order valence-electron chi connectivity index (χ2n) is 6.11. The van der Waals surface area contributed by atoms with Crippen LogP contribution in [0.15, 0.2) is 29.5 Å². The molecule has 25 heavy (non-hydrogen) atoms. The molecule has 1 N–H and O–H groups in total. The first-order valence-electron chi connectivity index (χ1n) is 8.03. The average molecular weight is 346 g/mol. The van der Waals surface area contributed by atoms with Crippen molar-refractivity contribution >= 4 is 17.5 Å². The highest BCUT2D eigenvalue weighted by Gasteiger charge is 2.33. The second-order valence-corrected chi connectivity index (χ2v) is 6.11. The molecule has 2 aromatic heterocycles. The number of methoxy groups -OCH3 is 1. The Bertz CT molecular complexity index is 706. The Labute approximate surface area is 146 Å². The molecule has 2 atom stereocenters. The van der Waals surface area contributed by atoms with Crippen LogP contribution in [0.5, 0.6) is 0 Å². The normalized spacial score (nSPS) is 19.9. The van der Waals surface area contributed by atoms with E-state index in [0.717, 1.165) is 18.1 Å². The Balaban J connectivity index is 1.72. The lowest BCUT2D eigenvalue weighted by Gasteiger charge is -2.26. The molecule has 134 valence electrons. The molecule has 0 unspecified atom stereocenters. The van der Waals surface area contributed by atoms with Gasteiger partial charge in [0.1, 0.15) is 24.2 Å². The zero-order chi connectivity index (χ0) is 17.8. The number of oxazole rings is 1. The standard InChI is InChI=1S/C16H22N6O3/c1-21(2)14-5-15(19-9-18-14)22-7-12(24-3)4-11(22)6-17-16(23)13-8-25-10-20-13/h5,8-12H,4,6-7H2,1-3H3,(H,17,23)/t11-,12-/m1/s1. The fraction of sp³-hybridized carbons (Fsp3) is 0.500. The Morgan fingerprint density at radius 3 is 2.96 bits per heavy atom. The zero-order valence-electron chi connectivity index (χ0n) is 14.5. The maximum Gasteiger partial charge on any atom is 0.273 e. The predicted octanol–water partition coefficient (Wildman–Crippen LogP) is 0.554. The number of aromatic nitrogens is 3. The lowest BCUT2D eigenvalue weighted by molar-refractivity contribution is 0.0941. The topological polar surface area (TPSA) is 96.6 Å². The Kier molecular flexibility index (Phi) is 5.13. The van der Waals surface area contributed by atoms with Crippen LogP contribution in [0.3, 0.4) is 0 Å². The summed E-state index contributed by atoms with van der Waals surface area (Å²) < 4.78 is 10.4. The highest BCUT2D eigenvalue weighted by molar-refractivity contribution is 5.91. The van der Waals surface area contributed by atoms with Gasteiger partial charge in [-0.3, -0.25) is 4.79 Å². The number of anilines is 2. The summed E-state index contributed by atoms with van der Waals surface area (Å²) in [6, 6.07) is 2.01. The van der Waals surface area contributed by atoms with E-state index in [0.29, 0.717) is 13.1 Å². The van der Waals surface area contributed by atoms with E-state index < -0.39 is 0 Å². The minimum atomic E-state index is -0.258. The summed E-state index contributed by atoms with van der Waals surface area (Å²) in [5.74, 6) is 1.39. The number of carbonyl (C=O) groups excluding carboxylic acids is 1. The van der Waals surface area contributed by atoms with Gasteiger partial charge in [0.15, 0.2) is 12.1 Å². The summed E-state index contributed by atoms with van der Waals surface area (Å²) in [6.45, 7) is 1.18. The van der Waals surface area contributed by atoms with E-state index in [4.69, 9.17) is 9.15 Å². The molecule has 1 fully saturated rings. The van der Waals surface area contributed by atoms with Crippen LogP contribution in [0.25, 0.3) is 0 Å². The number of ether oxygens (including phenoxy) is 1. The van der Waals surface area contributed by atoms with Gasteiger partial charge in [0.05, 0.1) is 12.1 Å². The van der Waals surface area contributed by atoms with Gasteiger partial charge >= 0.3 is 0 Å². The largest absolute Gasteiger partial charge is 0.451 e. The lowest BCUT2D eigenvalue weighted by atomic mass is 10.2. The molecule has 9 heteroatoms. The molecule has 0 saturated carbocycles. The van der Waals surface area contributed by atoms with E-state index in [-0.39, 0.29) is 23.7 Å². The quantitative estimate of drug-likeness (QED) is 0.810. The lowest BCUT2D eigenvalue weighted by Crippen LogP contribution is -2.40. The number of rotatable bonds is 6. The van der Waals surface area contributed by atoms with Crippen LogP contribution < -0.4 is 15.1 Å². The number of carbonyl (C=O) groups is 1. The van der Waals surface area contributed by atoms with Crippen LogP contribution >= 0.6 is 0 Å². The SMILES string of the molecule is CO[C@@H]1C[C@H](CNC(=O)c2cocn2)N(c2cc(N(C)C)ncn2)C1. The van der Waals surface area contributed by atoms with Crippen LogP contribution in [0.4, 0.5) is 11.6 Å². The molecule has 1 aliphatic rings. The van der Waals surface area contributed by atoms with Crippen molar-refractivity contribution in [1.82, 2.24) is 20.3 Å². The number of nitrogens with one attached hydrogen (secondary N) is 1. The van der Waals surface area contributed by atoms with Crippen LogP contribution in [0.2, 0.25) is 0 Å². The third-order valence-corrected chi connectivity index (χ3v) is 4.26. The summed E-state index contributed by atoms with van der Waals surface area (Å²) >= 11 is 0. The van der Waals surface area contributed by atoms with Crippen molar-refractivity contribution in [2.45, 2.75) is 18.6 Å². The van der Waals surface area contributed by atoms with Crippen molar-refractivity contribution in [3.8, 4) is 0 Å². The Morgan fingerprint density at radius 1 is 1.44 bits per heavy atom. The van der Waals surface area contributed by atoms with Gasteiger partial charge < -0.3 is 24.3 Å². The van der Waals surface area contributed by atoms with Gasteiger partial charge in [-0.25, -0.2) is 15.0 Å². The molecular formula is C16H22N6O3. The highest BCUT2D eigenvalue weighted by Crippen LogP contribution is 2.26. The molecule has 0 radical (unpaired) electrons. The van der Waals surface area contributed by atoms with Gasteiger partial charge in [-0.1, -0.05) is 0 Å². The number of nitrogens with zero attached hydrogens (tertiary/aromatic N) is 5. The first-order valence-corrected chi connectivity index (χ1v) is 8.03. The average Bonchev–Trinajstić information content (AvgIpc) is 3.29. The smallest absolute Gasteiger partial charge is 0.273 e. The molecule has 0 spiro atoms. The summed E-state index contributed by atoms with van der Waals surface area (Å²) in [4.78, 5) is 28.7. The molecule has 9 nitrogen and oxygen atoms in total. The molecule has 0 aromatic carbocycles. The molecule has 1 amide bonds. The number of amides is 1. The van der Waals surface area contributed by atoms with Crippen LogP contribution in [-0.4, -0.2) is 67.3 Å². The number of hydrogen-bond acceptors (Lipinski definition) is 8. The van der Waals surface area contributed by atoms with Crippen LogP contribution in [0.1, 0.15) is 16.9 Å². The first kappa shape index (κ1) is 17.2. The van der Waals surface area contributed by atoms with Crippen molar-refractivity contribution < 1.29 is 13.9 Å². The van der Waals surface area contributed by atoms with Crippen molar-refractivity contribution in [2.24, 2.45) is 0 Å². The van der Waals surface area contributed by atoms with Crippen LogP contribution in [-0.2, 0) is 4.74 Å². The maximum atomic E-state index is 12.1. The van der Waals surface area contributed by atoms with Gasteiger partial charge in [-0.2, -0.15) is 0 Å². The Morgan fingerprint density at radius 2 is 2.28 bits per heavy atom. The predicted molar refractivity (Wildman–Crippen MR) is 91.7 cm³/mol. The van der Waals surface area contributed by atoms with E-state index in [9.17, 15) is 4.79 Å². The van der Waals surface area contributed by atoms with Gasteiger partial charge in [0.2, 0.25) is 0 Å². The van der Waals surface area contributed by atoms with E-state index in [1.54, 1.807) is 13.4 Å². The molecule has 3 rings (SSSR count). The molecule has 3 heterocycles. The van der Waals surface area contributed by atoms with Crippen molar-refractivity contribution in [3.63, 3.8) is 0 Å². The minimum Gasteiger partial charge on any atom is -0.451 e. The van der Waals surface area contributed by atoms with Gasteiger partial charge in [0, 0.05) is 40.4 Å². The van der Waals surface area contributed by atoms with E-state index in [2.05, 4.69) is 25.2 Å². The van der Waals surface area contributed by atoms with Crippen molar-refractivity contribution in [2.75, 3.05) is 44.1 Å². The highest BCUT2D eigenvalue weighted by atomic mass is 16.5. The van der Waals surface area contributed by atoms with Gasteiger partial charge in [0.25, 0.3) is 5.91 Å². The monoisotopic (exact) mass is 346 g/mol. The van der Waals surface area contributed by atoms with E-state index >= 15 is 0 Å². The molecule has 2 aromatic rings. The van der Waals surface area contributed by atoms with Gasteiger partial charge in [-0.15, -0.1) is 0 Å². The molecule has 1 saturated heterocycles. The first-order chi connectivity index (χ1) is 12.1. The zero-order valence-corrected chi connectivity index (χ0v) is 14.5. The second kappa shape index (κ2) is 7.47. The van der Waals surface area contributed by atoms with Crippen LogP contribution in [0, 0.1) is 0 Å². The molecule has 1 aliphatic heterocycles. The van der Waals surface area contributed by atoms with E-state index in [1.807, 2.05) is 25.1 Å². The fourth-order valence-corrected chi connectivity index (χ4v) is 2.88. The summed E-state index contributed by atoms with van der Waals surface area (Å²) in [7, 11) is 5.57. The summed E-state index contributed by atoms with van der Waals surface area (Å²) in [5, 5.41) is 2.90. The third-order valence-electron chi connectivity index (χ3n) is 4.26. The molecule has 0 aliphatic carbocycles. The fourth-order valence-electron chi connectivity index (χ4n) is 2.88. The van der Waals surface area contributed by atoms with Gasteiger partial charge in [-0.05, 0) is 6.42 Å². The maximum absolute atomic E-state index is 12.1. The Hall–Kier alpha value is -2.68. The molecule has 0 bridgehead atoms. The van der Waals surface area contributed by atoms with E-state index in [1.165, 1.54) is 12.7 Å². The van der Waals surface area contributed by atoms with Crippen molar-refractivity contribution in [3.05, 3.63) is 30.7 Å². The number of hydrogen-bond donors (Lipinski definition) is 1. The summed E-state index contributed by atoms with van der Waals surface area (Å²) in [6.07, 6.45) is 5.01. The summed E-state index contributed by atoms with van der Waals surface area (Å²) in [5.41, 5.74) is 0.268. The third kappa shape index (κ3) is 3.87. The molecular weight excluding hydrogens is 324 g/mol. The van der Waals surface area contributed by atoms with Crippen molar-refractivity contribution in [1.29, 1.82) is 0 Å². The minimum absolute atomic E-state index is 0.0747.